The number of hydrogen-bond donors (Lipinski definition) is 1. The molecule has 0 spiro atoms. The van der Waals surface area contributed by atoms with Gasteiger partial charge in [0.25, 0.3) is 0 Å². The van der Waals surface area contributed by atoms with E-state index in [0.29, 0.717) is 6.54 Å². The number of aryl methyl sites for hydroxylation is 1. The molecule has 2 aromatic rings. The van der Waals surface area contributed by atoms with Gasteiger partial charge in [0.2, 0.25) is 0 Å². The largest absolute Gasteiger partial charge is 0.370 e. The number of nitrogens with two attached hydrogens (primary N) is 1. The summed E-state index contributed by atoms with van der Waals surface area (Å²) in [6.07, 6.45) is 0. The lowest BCUT2D eigenvalue weighted by atomic mass is 10.1. The summed E-state index contributed by atoms with van der Waals surface area (Å²) in [6, 6.07) is 14.9. The molecule has 19 heavy (non-hydrogen) atoms. The van der Waals surface area contributed by atoms with Gasteiger partial charge in [0.05, 0.1) is 0 Å². The van der Waals surface area contributed by atoms with Crippen LogP contribution in [0, 0.1) is 6.92 Å². The zero-order chi connectivity index (χ0) is 13.8. The molecule has 0 saturated carbocycles. The molecule has 2 N–H and O–H groups in total. The summed E-state index contributed by atoms with van der Waals surface area (Å²) in [6.45, 7) is 3.55. The molecule has 2 nitrogen and oxygen atoms in total. The monoisotopic (exact) mass is 318 g/mol. The van der Waals surface area contributed by atoms with Gasteiger partial charge in [-0.25, -0.2) is 0 Å². The quantitative estimate of drug-likeness (QED) is 0.927. The molecule has 0 bridgehead atoms. The molecule has 3 heteroatoms. The van der Waals surface area contributed by atoms with Crippen LogP contribution in [0.2, 0.25) is 0 Å². The maximum Gasteiger partial charge on any atom is 0.0437 e. The van der Waals surface area contributed by atoms with Crippen LogP contribution < -0.4 is 10.6 Å². The molecule has 0 atom stereocenters. The van der Waals surface area contributed by atoms with Crippen molar-refractivity contribution in [1.82, 2.24) is 0 Å². The number of nitrogens with zero attached hydrogens (tertiary/aromatic N) is 1. The fraction of sp³-hybridized carbons (Fsp3) is 0.250. The Morgan fingerprint density at radius 1 is 1.11 bits per heavy atom. The third kappa shape index (κ3) is 3.58. The van der Waals surface area contributed by atoms with E-state index in [1.165, 1.54) is 16.8 Å². The minimum atomic E-state index is 0.576. The lowest BCUT2D eigenvalue weighted by molar-refractivity contribution is 0.915. The topological polar surface area (TPSA) is 29.3 Å². The second kappa shape index (κ2) is 6.22. The molecule has 0 aliphatic rings. The van der Waals surface area contributed by atoms with E-state index in [0.717, 1.165) is 16.6 Å². The Hall–Kier alpha value is -1.32. The van der Waals surface area contributed by atoms with E-state index in [1.54, 1.807) is 0 Å². The molecule has 0 amide bonds. The van der Waals surface area contributed by atoms with E-state index in [4.69, 9.17) is 5.73 Å². The van der Waals surface area contributed by atoms with E-state index in [9.17, 15) is 0 Å². The van der Waals surface area contributed by atoms with Gasteiger partial charge in [0.1, 0.15) is 0 Å². The zero-order valence-electron chi connectivity index (χ0n) is 11.4. The predicted molar refractivity (Wildman–Crippen MR) is 85.3 cm³/mol. The summed E-state index contributed by atoms with van der Waals surface area (Å²) >= 11 is 3.62. The van der Waals surface area contributed by atoms with Gasteiger partial charge < -0.3 is 10.6 Å². The van der Waals surface area contributed by atoms with Gasteiger partial charge in [0, 0.05) is 30.3 Å². The molecule has 0 radical (unpaired) electrons. The molecule has 2 rings (SSSR count). The Morgan fingerprint density at radius 2 is 1.79 bits per heavy atom. The van der Waals surface area contributed by atoms with Crippen LogP contribution >= 0.6 is 15.9 Å². The molecular weight excluding hydrogens is 300 g/mol. The van der Waals surface area contributed by atoms with Crippen LogP contribution in [-0.2, 0) is 13.1 Å². The highest BCUT2D eigenvalue weighted by Gasteiger charge is 2.06. The highest BCUT2D eigenvalue weighted by molar-refractivity contribution is 9.10. The van der Waals surface area contributed by atoms with E-state index in [2.05, 4.69) is 77.3 Å². The van der Waals surface area contributed by atoms with Gasteiger partial charge in [-0.3, -0.25) is 0 Å². The van der Waals surface area contributed by atoms with Crippen molar-refractivity contribution < 1.29 is 0 Å². The highest BCUT2D eigenvalue weighted by Crippen LogP contribution is 2.22. The molecule has 0 heterocycles. The maximum atomic E-state index is 5.64. The summed E-state index contributed by atoms with van der Waals surface area (Å²) in [4.78, 5) is 2.24. The van der Waals surface area contributed by atoms with Crippen molar-refractivity contribution >= 4 is 21.6 Å². The zero-order valence-corrected chi connectivity index (χ0v) is 12.9. The Balaban J connectivity index is 2.14. The maximum absolute atomic E-state index is 5.64. The summed E-state index contributed by atoms with van der Waals surface area (Å²) in [5.74, 6) is 0. The fourth-order valence-corrected chi connectivity index (χ4v) is 2.54. The third-order valence-corrected chi connectivity index (χ3v) is 3.97. The summed E-state index contributed by atoms with van der Waals surface area (Å²) in [5, 5.41) is 0. The van der Waals surface area contributed by atoms with Gasteiger partial charge in [-0.1, -0.05) is 45.8 Å². The summed E-state index contributed by atoms with van der Waals surface area (Å²) in [7, 11) is 2.11. The second-order valence-electron chi connectivity index (χ2n) is 4.82. The Bertz CT molecular complexity index is 549. The molecule has 0 aromatic heterocycles. The van der Waals surface area contributed by atoms with Gasteiger partial charge in [-0.05, 0) is 36.2 Å². The standard InChI is InChI=1S/C16H19BrN2/c1-12-3-7-15(8-4-12)19(2)11-14-6-5-13(10-18)9-16(14)17/h3-9H,10-11,18H2,1-2H3. The fourth-order valence-electron chi connectivity index (χ4n) is 1.99. The van der Waals surface area contributed by atoms with Crippen LogP contribution in [0.5, 0.6) is 0 Å². The van der Waals surface area contributed by atoms with Crippen LogP contribution in [0.4, 0.5) is 5.69 Å². The first-order valence-electron chi connectivity index (χ1n) is 6.35. The molecule has 0 aliphatic heterocycles. The number of hydrogen-bond acceptors (Lipinski definition) is 2. The Labute approximate surface area is 123 Å². The Kier molecular flexibility index (Phi) is 4.61. The normalized spacial score (nSPS) is 10.5. The molecule has 100 valence electrons. The number of benzene rings is 2. The number of anilines is 1. The van der Waals surface area contributed by atoms with Crippen LogP contribution in [0.25, 0.3) is 0 Å². The first-order valence-corrected chi connectivity index (χ1v) is 7.14. The van der Waals surface area contributed by atoms with Crippen molar-refractivity contribution in [3.05, 3.63) is 63.6 Å². The smallest absolute Gasteiger partial charge is 0.0437 e. The molecule has 0 aliphatic carbocycles. The van der Waals surface area contributed by atoms with E-state index in [-0.39, 0.29) is 0 Å². The van der Waals surface area contributed by atoms with Crippen LogP contribution in [0.3, 0.4) is 0 Å². The van der Waals surface area contributed by atoms with Crippen molar-refractivity contribution in [2.24, 2.45) is 5.73 Å². The van der Waals surface area contributed by atoms with E-state index >= 15 is 0 Å². The van der Waals surface area contributed by atoms with Gasteiger partial charge in [-0.15, -0.1) is 0 Å². The van der Waals surface area contributed by atoms with Crippen molar-refractivity contribution in [2.75, 3.05) is 11.9 Å². The second-order valence-corrected chi connectivity index (χ2v) is 5.68. The first-order chi connectivity index (χ1) is 9.10. The van der Waals surface area contributed by atoms with E-state index in [1.807, 2.05) is 0 Å². The lowest BCUT2D eigenvalue weighted by Crippen LogP contribution is -2.16. The summed E-state index contributed by atoms with van der Waals surface area (Å²) in [5.41, 5.74) is 10.6. The van der Waals surface area contributed by atoms with Crippen molar-refractivity contribution in [3.63, 3.8) is 0 Å². The molecule has 0 unspecified atom stereocenters. The summed E-state index contributed by atoms with van der Waals surface area (Å²) < 4.78 is 1.12. The molecular formula is C16H19BrN2. The number of rotatable bonds is 4. The highest BCUT2D eigenvalue weighted by atomic mass is 79.9. The van der Waals surface area contributed by atoms with E-state index < -0.39 is 0 Å². The molecule has 0 saturated heterocycles. The molecule has 0 fully saturated rings. The van der Waals surface area contributed by atoms with Crippen LogP contribution in [-0.4, -0.2) is 7.05 Å². The van der Waals surface area contributed by atoms with Crippen LogP contribution in [0.15, 0.2) is 46.9 Å². The van der Waals surface area contributed by atoms with Crippen LogP contribution in [0.1, 0.15) is 16.7 Å². The average molecular weight is 319 g/mol. The van der Waals surface area contributed by atoms with Gasteiger partial charge in [0.15, 0.2) is 0 Å². The Morgan fingerprint density at radius 3 is 2.37 bits per heavy atom. The van der Waals surface area contributed by atoms with Crippen molar-refractivity contribution in [2.45, 2.75) is 20.0 Å². The predicted octanol–water partition coefficient (Wildman–Crippen LogP) is 3.85. The van der Waals surface area contributed by atoms with Gasteiger partial charge in [-0.2, -0.15) is 0 Å². The number of halogens is 1. The minimum Gasteiger partial charge on any atom is -0.370 e. The van der Waals surface area contributed by atoms with Crippen molar-refractivity contribution in [3.8, 4) is 0 Å². The van der Waals surface area contributed by atoms with Crippen molar-refractivity contribution in [1.29, 1.82) is 0 Å². The first kappa shape index (κ1) is 14.1. The third-order valence-electron chi connectivity index (χ3n) is 3.24. The van der Waals surface area contributed by atoms with Gasteiger partial charge >= 0.3 is 0 Å². The lowest BCUT2D eigenvalue weighted by Gasteiger charge is -2.20. The minimum absolute atomic E-state index is 0.576. The SMILES string of the molecule is Cc1ccc(N(C)Cc2ccc(CN)cc2Br)cc1. The average Bonchev–Trinajstić information content (AvgIpc) is 2.41. The molecule has 2 aromatic carbocycles.